The Kier molecular flexibility index (Phi) is 7.67. The lowest BCUT2D eigenvalue weighted by Gasteiger charge is -2.32. The minimum absolute atomic E-state index is 0.191. The van der Waals surface area contributed by atoms with Gasteiger partial charge in [0.2, 0.25) is 0 Å². The first kappa shape index (κ1) is 18.4. The number of carbonyl (C=O) groups is 1. The van der Waals surface area contributed by atoms with E-state index in [1.807, 2.05) is 13.8 Å². The van der Waals surface area contributed by atoms with Gasteiger partial charge in [0.05, 0.1) is 0 Å². The second kappa shape index (κ2) is 8.74. The van der Waals surface area contributed by atoms with Gasteiger partial charge in [0.1, 0.15) is 5.54 Å². The van der Waals surface area contributed by atoms with E-state index in [-0.39, 0.29) is 6.04 Å². The third kappa shape index (κ3) is 6.35. The van der Waals surface area contributed by atoms with Crippen LogP contribution in [0.2, 0.25) is 0 Å². The minimum atomic E-state index is -0.794. The highest BCUT2D eigenvalue weighted by Gasteiger charge is 2.32. The van der Waals surface area contributed by atoms with Crippen molar-refractivity contribution < 1.29 is 9.90 Å². The number of hydrogen-bond acceptors (Lipinski definition) is 3. The van der Waals surface area contributed by atoms with Crippen LogP contribution in [0.15, 0.2) is 0 Å². The zero-order chi connectivity index (χ0) is 15.9. The fraction of sp³-hybridized carbons (Fsp3) is 0.941. The molecule has 124 valence electrons. The molecule has 0 amide bonds. The fourth-order valence-corrected chi connectivity index (χ4v) is 3.42. The molecule has 0 saturated heterocycles. The fourth-order valence-electron chi connectivity index (χ4n) is 3.42. The highest BCUT2D eigenvalue weighted by molar-refractivity contribution is 5.78. The van der Waals surface area contributed by atoms with Crippen molar-refractivity contribution in [1.82, 2.24) is 10.2 Å². The molecule has 0 spiro atoms. The van der Waals surface area contributed by atoms with Crippen molar-refractivity contribution in [3.63, 3.8) is 0 Å². The Bertz CT molecular complexity index is 314. The largest absolute Gasteiger partial charge is 0.480 e. The van der Waals surface area contributed by atoms with Crippen molar-refractivity contribution in [1.29, 1.82) is 0 Å². The van der Waals surface area contributed by atoms with E-state index in [0.717, 1.165) is 25.4 Å². The number of unbranched alkanes of at least 4 members (excludes halogenated alkanes) is 1. The molecule has 0 aromatic carbocycles. The maximum atomic E-state index is 11.5. The predicted octanol–water partition coefficient (Wildman–Crippen LogP) is 3.26. The number of nitrogens with one attached hydrogen (secondary N) is 1. The molecule has 1 unspecified atom stereocenters. The molecule has 1 rings (SSSR count). The molecule has 0 radical (unpaired) electrons. The quantitative estimate of drug-likeness (QED) is 0.642. The Hall–Kier alpha value is -0.610. The summed E-state index contributed by atoms with van der Waals surface area (Å²) in [5.41, 5.74) is -0.794. The van der Waals surface area contributed by atoms with Gasteiger partial charge in [-0.15, -0.1) is 0 Å². The molecule has 0 heterocycles. The molecule has 0 aliphatic heterocycles. The molecule has 0 aromatic rings. The van der Waals surface area contributed by atoms with E-state index in [2.05, 4.69) is 17.3 Å². The van der Waals surface area contributed by atoms with Crippen molar-refractivity contribution >= 4 is 5.97 Å². The van der Waals surface area contributed by atoms with Crippen molar-refractivity contribution in [2.75, 3.05) is 13.6 Å². The summed E-state index contributed by atoms with van der Waals surface area (Å²) in [5, 5.41) is 12.6. The van der Waals surface area contributed by atoms with Crippen LogP contribution in [0.1, 0.15) is 72.1 Å². The van der Waals surface area contributed by atoms with Crippen LogP contribution >= 0.6 is 0 Å². The molecule has 4 nitrogen and oxygen atoms in total. The second-order valence-electron chi connectivity index (χ2n) is 7.17. The lowest BCUT2D eigenvalue weighted by atomic mass is 9.93. The normalized spacial score (nSPS) is 19.9. The SMILES string of the molecule is CC(C)NC(C)(CCCCN(C)C1CCCCC1)C(=O)O. The summed E-state index contributed by atoms with van der Waals surface area (Å²) in [7, 11) is 2.22. The van der Waals surface area contributed by atoms with Crippen LogP contribution in [-0.2, 0) is 4.79 Å². The van der Waals surface area contributed by atoms with Crippen molar-refractivity contribution in [2.24, 2.45) is 0 Å². The molecule has 1 aliphatic rings. The standard InChI is InChI=1S/C17H34N2O2/c1-14(2)18-17(3,16(20)21)12-8-9-13-19(4)15-10-6-5-7-11-15/h14-15,18H,5-13H2,1-4H3,(H,20,21). The average molecular weight is 298 g/mol. The lowest BCUT2D eigenvalue weighted by Crippen LogP contribution is -2.52. The summed E-state index contributed by atoms with van der Waals surface area (Å²) in [6, 6.07) is 0.939. The average Bonchev–Trinajstić information content (AvgIpc) is 2.43. The summed E-state index contributed by atoms with van der Waals surface area (Å²) in [4.78, 5) is 13.9. The number of aliphatic carboxylic acids is 1. The van der Waals surface area contributed by atoms with Gasteiger partial charge in [0.15, 0.2) is 0 Å². The molecular formula is C17H34N2O2. The number of carboxylic acids is 1. The first-order valence-corrected chi connectivity index (χ1v) is 8.56. The van der Waals surface area contributed by atoms with Crippen molar-refractivity contribution in [2.45, 2.75) is 89.8 Å². The third-order valence-corrected chi connectivity index (χ3v) is 4.71. The first-order valence-electron chi connectivity index (χ1n) is 8.56. The molecule has 0 aromatic heterocycles. The second-order valence-corrected chi connectivity index (χ2v) is 7.17. The summed E-state index contributed by atoms with van der Waals surface area (Å²) < 4.78 is 0. The number of carboxylic acid groups (broad SMARTS) is 1. The summed E-state index contributed by atoms with van der Waals surface area (Å²) in [6.45, 7) is 6.89. The molecule has 1 fully saturated rings. The molecule has 2 N–H and O–H groups in total. The van der Waals surface area contributed by atoms with Crippen LogP contribution in [-0.4, -0.2) is 47.2 Å². The Morgan fingerprint density at radius 3 is 2.43 bits per heavy atom. The molecule has 21 heavy (non-hydrogen) atoms. The van der Waals surface area contributed by atoms with Crippen molar-refractivity contribution in [3.05, 3.63) is 0 Å². The minimum Gasteiger partial charge on any atom is -0.480 e. The Balaban J connectivity index is 2.28. The molecule has 1 aliphatic carbocycles. The van der Waals surface area contributed by atoms with Crippen LogP contribution in [0, 0.1) is 0 Å². The zero-order valence-corrected chi connectivity index (χ0v) is 14.3. The van der Waals surface area contributed by atoms with Crippen LogP contribution in [0.5, 0.6) is 0 Å². The molecule has 4 heteroatoms. The monoisotopic (exact) mass is 298 g/mol. The summed E-state index contributed by atoms with van der Waals surface area (Å²) in [5.74, 6) is -0.739. The molecule has 1 atom stereocenters. The molecular weight excluding hydrogens is 264 g/mol. The number of rotatable bonds is 9. The van der Waals surface area contributed by atoms with Gasteiger partial charge in [-0.2, -0.15) is 0 Å². The van der Waals surface area contributed by atoms with Gasteiger partial charge in [-0.05, 0) is 66.5 Å². The number of hydrogen-bond donors (Lipinski definition) is 2. The van der Waals surface area contributed by atoms with Crippen LogP contribution < -0.4 is 5.32 Å². The zero-order valence-electron chi connectivity index (χ0n) is 14.3. The van der Waals surface area contributed by atoms with Crippen molar-refractivity contribution in [3.8, 4) is 0 Å². The maximum absolute atomic E-state index is 11.5. The van der Waals surface area contributed by atoms with E-state index in [1.54, 1.807) is 6.92 Å². The smallest absolute Gasteiger partial charge is 0.323 e. The topological polar surface area (TPSA) is 52.6 Å². The predicted molar refractivity (Wildman–Crippen MR) is 87.7 cm³/mol. The highest BCUT2D eigenvalue weighted by Crippen LogP contribution is 2.22. The Labute approximate surface area is 130 Å². The Morgan fingerprint density at radius 1 is 1.29 bits per heavy atom. The molecule has 0 bridgehead atoms. The van der Waals surface area contributed by atoms with Crippen LogP contribution in [0.25, 0.3) is 0 Å². The first-order chi connectivity index (χ1) is 9.85. The van der Waals surface area contributed by atoms with Gasteiger partial charge >= 0.3 is 5.97 Å². The van der Waals surface area contributed by atoms with Gasteiger partial charge in [-0.3, -0.25) is 10.1 Å². The highest BCUT2D eigenvalue weighted by atomic mass is 16.4. The van der Waals surface area contributed by atoms with E-state index in [1.165, 1.54) is 32.1 Å². The van der Waals surface area contributed by atoms with Gasteiger partial charge < -0.3 is 10.0 Å². The van der Waals surface area contributed by atoms with Gasteiger partial charge in [0.25, 0.3) is 0 Å². The Morgan fingerprint density at radius 2 is 1.90 bits per heavy atom. The van der Waals surface area contributed by atoms with Gasteiger partial charge in [0, 0.05) is 12.1 Å². The third-order valence-electron chi connectivity index (χ3n) is 4.71. The van der Waals surface area contributed by atoms with E-state index in [9.17, 15) is 9.90 Å². The van der Waals surface area contributed by atoms with Crippen LogP contribution in [0.4, 0.5) is 0 Å². The van der Waals surface area contributed by atoms with E-state index >= 15 is 0 Å². The summed E-state index contributed by atoms with van der Waals surface area (Å²) >= 11 is 0. The van der Waals surface area contributed by atoms with Gasteiger partial charge in [-0.1, -0.05) is 19.3 Å². The lowest BCUT2D eigenvalue weighted by molar-refractivity contribution is -0.144. The molecule has 1 saturated carbocycles. The van der Waals surface area contributed by atoms with E-state index < -0.39 is 11.5 Å². The van der Waals surface area contributed by atoms with Crippen LogP contribution in [0.3, 0.4) is 0 Å². The number of nitrogens with zero attached hydrogens (tertiary/aromatic N) is 1. The van der Waals surface area contributed by atoms with Gasteiger partial charge in [-0.25, -0.2) is 0 Å². The van der Waals surface area contributed by atoms with E-state index in [4.69, 9.17) is 0 Å². The van der Waals surface area contributed by atoms with E-state index in [0.29, 0.717) is 6.42 Å². The maximum Gasteiger partial charge on any atom is 0.323 e. The summed E-state index contributed by atoms with van der Waals surface area (Å²) in [6.07, 6.45) is 9.52.